The van der Waals surface area contributed by atoms with Crippen molar-refractivity contribution in [1.29, 1.82) is 5.26 Å². The van der Waals surface area contributed by atoms with Gasteiger partial charge in [0.05, 0.1) is 40.8 Å². The number of nitriles is 1. The number of pyridine rings is 2. The number of anilines is 1. The van der Waals surface area contributed by atoms with E-state index in [2.05, 4.69) is 42.5 Å². The zero-order valence-corrected chi connectivity index (χ0v) is 21.7. The molecule has 0 unspecified atom stereocenters. The van der Waals surface area contributed by atoms with Crippen molar-refractivity contribution in [1.82, 2.24) is 34.4 Å². The van der Waals surface area contributed by atoms with Crippen molar-refractivity contribution in [2.45, 2.75) is 19.3 Å². The average molecular weight is 516 g/mol. The molecule has 0 atom stereocenters. The van der Waals surface area contributed by atoms with Crippen molar-refractivity contribution in [3.05, 3.63) is 78.9 Å². The molecule has 0 radical (unpaired) electrons. The summed E-state index contributed by atoms with van der Waals surface area (Å²) in [4.78, 5) is 21.0. The Hall–Kier alpha value is -5.14. The first-order valence-electron chi connectivity index (χ1n) is 12.5. The van der Waals surface area contributed by atoms with Gasteiger partial charge in [-0.05, 0) is 68.4 Å². The summed E-state index contributed by atoms with van der Waals surface area (Å²) in [5, 5.41) is 24.6. The maximum Gasteiger partial charge on any atom is 0.241 e. The summed E-state index contributed by atoms with van der Waals surface area (Å²) in [7, 11) is 1.72. The quantitative estimate of drug-likeness (QED) is 0.340. The van der Waals surface area contributed by atoms with Crippen molar-refractivity contribution in [3.63, 3.8) is 0 Å². The Labute approximate surface area is 224 Å². The Balaban J connectivity index is 1.49. The van der Waals surface area contributed by atoms with E-state index < -0.39 is 5.41 Å². The molecule has 2 N–H and O–H groups in total. The highest BCUT2D eigenvalue weighted by atomic mass is 16.1. The van der Waals surface area contributed by atoms with Gasteiger partial charge in [0.1, 0.15) is 12.1 Å². The number of carbonyl (C=O) groups excluding carboxylic acids is 1. The van der Waals surface area contributed by atoms with Crippen LogP contribution in [0.1, 0.15) is 19.4 Å². The fraction of sp³-hybridized carbons (Fsp3) is 0.172. The standard InChI is InChI=1S/C29H25N9O/c1-29(2,16-30)20-6-8-21(9-7-20)38-27-22-12-18(19-5-11-25(33-13-19)35-26(39)15-31-3)4-10-23(22)32-14-24(27)37-17-34-36-28(37)38/h4-14,17,31H,15H2,1-3H3,(H,33,35,39). The fourth-order valence-corrected chi connectivity index (χ4v) is 4.73. The Morgan fingerprint density at radius 1 is 1.03 bits per heavy atom. The number of fused-ring (bicyclic) bond motifs is 5. The van der Waals surface area contributed by atoms with Gasteiger partial charge in [-0.1, -0.05) is 18.2 Å². The van der Waals surface area contributed by atoms with E-state index >= 15 is 0 Å². The molecule has 0 fully saturated rings. The van der Waals surface area contributed by atoms with Crippen LogP contribution in [0.3, 0.4) is 0 Å². The first kappa shape index (κ1) is 24.2. The molecule has 0 saturated heterocycles. The summed E-state index contributed by atoms with van der Waals surface area (Å²) < 4.78 is 3.99. The number of rotatable bonds is 6. The molecular weight excluding hydrogens is 490 g/mol. The molecule has 0 saturated carbocycles. The van der Waals surface area contributed by atoms with Gasteiger partial charge in [-0.15, -0.1) is 10.2 Å². The molecule has 0 spiro atoms. The molecule has 6 rings (SSSR count). The van der Waals surface area contributed by atoms with E-state index in [9.17, 15) is 10.1 Å². The third kappa shape index (κ3) is 4.15. The van der Waals surface area contributed by atoms with Gasteiger partial charge in [0, 0.05) is 22.8 Å². The molecule has 0 aliphatic heterocycles. The van der Waals surface area contributed by atoms with Gasteiger partial charge < -0.3 is 10.6 Å². The van der Waals surface area contributed by atoms with Gasteiger partial charge in [0.25, 0.3) is 0 Å². The van der Waals surface area contributed by atoms with Crippen LogP contribution in [0.15, 0.2) is 73.3 Å². The number of imidazole rings is 1. The maximum atomic E-state index is 11.9. The third-order valence-corrected chi connectivity index (χ3v) is 6.86. The summed E-state index contributed by atoms with van der Waals surface area (Å²) in [6.07, 6.45) is 5.26. The van der Waals surface area contributed by atoms with Crippen molar-refractivity contribution in [2.75, 3.05) is 18.9 Å². The molecule has 4 heterocycles. The maximum absolute atomic E-state index is 11.9. The molecule has 192 valence electrons. The van der Waals surface area contributed by atoms with Crippen LogP contribution in [-0.4, -0.2) is 48.6 Å². The molecule has 0 aliphatic rings. The number of hydrogen-bond acceptors (Lipinski definition) is 7. The van der Waals surface area contributed by atoms with Crippen LogP contribution in [0.25, 0.3) is 44.5 Å². The topological polar surface area (TPSA) is 126 Å². The number of carbonyl (C=O) groups is 1. The average Bonchev–Trinajstić information content (AvgIpc) is 3.54. The van der Waals surface area contributed by atoms with E-state index in [1.807, 2.05) is 66.9 Å². The predicted molar refractivity (Wildman–Crippen MR) is 150 cm³/mol. The van der Waals surface area contributed by atoms with E-state index in [4.69, 9.17) is 4.98 Å². The van der Waals surface area contributed by atoms with Gasteiger partial charge >= 0.3 is 0 Å². The zero-order valence-electron chi connectivity index (χ0n) is 21.7. The van der Waals surface area contributed by atoms with Gasteiger partial charge in [-0.25, -0.2) is 4.98 Å². The first-order chi connectivity index (χ1) is 18.9. The Kier molecular flexibility index (Phi) is 5.78. The molecule has 10 nitrogen and oxygen atoms in total. The summed E-state index contributed by atoms with van der Waals surface area (Å²) in [5.41, 5.74) is 5.79. The number of nitrogens with zero attached hydrogens (tertiary/aromatic N) is 7. The number of amides is 1. The van der Waals surface area contributed by atoms with Gasteiger partial charge in [0.15, 0.2) is 0 Å². The summed E-state index contributed by atoms with van der Waals surface area (Å²) in [5.74, 6) is 1.01. The minimum absolute atomic E-state index is 0.151. The Morgan fingerprint density at radius 3 is 2.54 bits per heavy atom. The number of aromatic nitrogens is 6. The lowest BCUT2D eigenvalue weighted by atomic mass is 9.86. The largest absolute Gasteiger partial charge is 0.311 e. The molecule has 6 aromatic rings. The lowest BCUT2D eigenvalue weighted by molar-refractivity contribution is -0.115. The van der Waals surface area contributed by atoms with Crippen molar-refractivity contribution < 1.29 is 4.79 Å². The zero-order chi connectivity index (χ0) is 27.1. The number of likely N-dealkylation sites (N-methyl/N-ethyl adjacent to an activating group) is 1. The van der Waals surface area contributed by atoms with Crippen LogP contribution in [0, 0.1) is 11.3 Å². The number of nitrogens with one attached hydrogen (secondary N) is 2. The molecule has 4 aromatic heterocycles. The van der Waals surface area contributed by atoms with Gasteiger partial charge in [-0.2, -0.15) is 5.26 Å². The minimum Gasteiger partial charge on any atom is -0.311 e. The molecular formula is C29H25N9O. The fourth-order valence-electron chi connectivity index (χ4n) is 4.73. The van der Waals surface area contributed by atoms with Gasteiger partial charge in [0.2, 0.25) is 11.7 Å². The first-order valence-corrected chi connectivity index (χ1v) is 12.5. The monoisotopic (exact) mass is 515 g/mol. The highest BCUT2D eigenvalue weighted by molar-refractivity contribution is 6.06. The SMILES string of the molecule is CNCC(=O)Nc1ccc(-c2ccc3ncc4c(c3c2)n(-c2ccc(C(C)(C)C#N)cc2)c2nncn42)cn1. The predicted octanol–water partition coefficient (Wildman–Crippen LogP) is 4.24. The van der Waals surface area contributed by atoms with Crippen LogP contribution < -0.4 is 10.6 Å². The Bertz CT molecular complexity index is 1890. The normalized spacial score (nSPS) is 11.7. The second kappa shape index (κ2) is 9.31. The lowest BCUT2D eigenvalue weighted by Crippen LogP contribution is -2.25. The second-order valence-electron chi connectivity index (χ2n) is 9.85. The number of benzene rings is 2. The van der Waals surface area contributed by atoms with Crippen molar-refractivity contribution >= 4 is 39.4 Å². The van der Waals surface area contributed by atoms with Crippen LogP contribution in [-0.2, 0) is 10.2 Å². The summed E-state index contributed by atoms with van der Waals surface area (Å²) in [6.45, 7) is 4.03. The second-order valence-corrected chi connectivity index (χ2v) is 9.85. The van der Waals surface area contributed by atoms with Crippen LogP contribution >= 0.6 is 0 Å². The summed E-state index contributed by atoms with van der Waals surface area (Å²) >= 11 is 0. The van der Waals surface area contributed by atoms with E-state index in [0.29, 0.717) is 11.6 Å². The highest BCUT2D eigenvalue weighted by Crippen LogP contribution is 2.33. The third-order valence-electron chi connectivity index (χ3n) is 6.86. The number of hydrogen-bond donors (Lipinski definition) is 2. The smallest absolute Gasteiger partial charge is 0.241 e. The van der Waals surface area contributed by atoms with E-state index in [1.54, 1.807) is 25.6 Å². The molecule has 0 aliphatic carbocycles. The van der Waals surface area contributed by atoms with Crippen LogP contribution in [0.2, 0.25) is 0 Å². The van der Waals surface area contributed by atoms with Crippen LogP contribution in [0.4, 0.5) is 5.82 Å². The molecule has 1 amide bonds. The molecule has 39 heavy (non-hydrogen) atoms. The van der Waals surface area contributed by atoms with E-state index in [1.165, 1.54) is 0 Å². The molecule has 0 bridgehead atoms. The van der Waals surface area contributed by atoms with Crippen LogP contribution in [0.5, 0.6) is 0 Å². The van der Waals surface area contributed by atoms with E-state index in [0.717, 1.165) is 44.3 Å². The highest BCUT2D eigenvalue weighted by Gasteiger charge is 2.21. The molecule has 2 aromatic carbocycles. The van der Waals surface area contributed by atoms with Crippen molar-refractivity contribution in [3.8, 4) is 22.9 Å². The van der Waals surface area contributed by atoms with Gasteiger partial charge in [-0.3, -0.25) is 18.7 Å². The van der Waals surface area contributed by atoms with Crippen molar-refractivity contribution in [2.24, 2.45) is 0 Å². The molecule has 10 heteroatoms. The minimum atomic E-state index is -0.591. The van der Waals surface area contributed by atoms with E-state index in [-0.39, 0.29) is 12.5 Å². The summed E-state index contributed by atoms with van der Waals surface area (Å²) in [6, 6.07) is 20.1. The Morgan fingerprint density at radius 2 is 1.82 bits per heavy atom. The lowest BCUT2D eigenvalue weighted by Gasteiger charge is -2.16.